The molecule has 4 aromatic rings. The topological polar surface area (TPSA) is 128 Å². The third kappa shape index (κ3) is 4.78. The van der Waals surface area contributed by atoms with Crippen molar-refractivity contribution in [3.8, 4) is 17.3 Å². The number of carbonyl (C=O) groups is 1. The maximum absolute atomic E-state index is 13.8. The van der Waals surface area contributed by atoms with Crippen LogP contribution in [0.25, 0.3) is 28.1 Å². The van der Waals surface area contributed by atoms with Gasteiger partial charge in [0, 0.05) is 42.2 Å². The number of nitrogens with two attached hydrogens (primary N) is 1. The molecule has 0 spiro atoms. The lowest BCUT2D eigenvalue weighted by atomic mass is 9.76. The minimum absolute atomic E-state index is 0.0194. The standard InChI is InChI=1S/C30H35F2N7O4S/c1-16-27(23-11-19-7-9-24(39(30(31)32)44(3,41)42)35-28(19)36(23)14-17-4-5-17)34-25-12-20(13-26(43-2)38(16)25)29(40)37-15-18-6-8-22(37)21(33)10-18/h7,9,11-13,17-18,21-22,30H,4-6,8,10,14-15,33H2,1-3H3/t18-,21-,22+/m1/s1. The number of anilines is 1. The molecule has 11 nitrogen and oxygen atoms in total. The van der Waals surface area contributed by atoms with E-state index in [1.807, 2.05) is 26.9 Å². The molecular weight excluding hydrogens is 592 g/mol. The third-order valence-corrected chi connectivity index (χ3v) is 10.4. The number of ether oxygens (including phenoxy) is 1. The number of aryl methyl sites for hydroxylation is 1. The first kappa shape index (κ1) is 29.0. The number of hydrogen-bond acceptors (Lipinski definition) is 7. The molecule has 4 aromatic heterocycles. The van der Waals surface area contributed by atoms with Crippen LogP contribution < -0.4 is 14.8 Å². The summed E-state index contributed by atoms with van der Waals surface area (Å²) in [5, 5.41) is 0.669. The van der Waals surface area contributed by atoms with Crippen molar-refractivity contribution in [2.45, 2.75) is 64.2 Å². The predicted molar refractivity (Wildman–Crippen MR) is 161 cm³/mol. The highest BCUT2D eigenvalue weighted by Crippen LogP contribution is 2.39. The van der Waals surface area contributed by atoms with Crippen molar-refractivity contribution in [3.05, 3.63) is 41.6 Å². The van der Waals surface area contributed by atoms with E-state index in [1.54, 1.807) is 25.3 Å². The van der Waals surface area contributed by atoms with Crippen molar-refractivity contribution < 1.29 is 26.7 Å². The Balaban J connectivity index is 1.34. The number of pyridine rings is 2. The molecule has 4 fully saturated rings. The van der Waals surface area contributed by atoms with E-state index in [0.29, 0.717) is 58.7 Å². The van der Waals surface area contributed by atoms with Gasteiger partial charge < -0.3 is 19.9 Å². The zero-order chi connectivity index (χ0) is 31.1. The van der Waals surface area contributed by atoms with Gasteiger partial charge in [-0.1, -0.05) is 0 Å². The fourth-order valence-electron chi connectivity index (χ4n) is 7.03. The highest BCUT2D eigenvalue weighted by Gasteiger charge is 2.41. The molecule has 234 valence electrons. The van der Waals surface area contributed by atoms with Crippen molar-refractivity contribution in [2.75, 3.05) is 24.2 Å². The number of carbonyl (C=O) groups excluding carboxylic acids is 1. The smallest absolute Gasteiger partial charge is 0.329 e. The number of piperidine rings is 2. The Labute approximate surface area is 253 Å². The Bertz CT molecular complexity index is 1900. The molecule has 2 aliphatic carbocycles. The number of imidazole rings is 1. The molecule has 2 aliphatic heterocycles. The van der Waals surface area contributed by atoms with E-state index in [0.717, 1.165) is 49.7 Å². The van der Waals surface area contributed by atoms with Crippen LogP contribution in [0.4, 0.5) is 14.6 Å². The maximum atomic E-state index is 13.8. The Morgan fingerprint density at radius 1 is 1.16 bits per heavy atom. The summed E-state index contributed by atoms with van der Waals surface area (Å²) in [6.45, 7) is -0.0963. The molecule has 0 aromatic carbocycles. The van der Waals surface area contributed by atoms with Gasteiger partial charge in [-0.25, -0.2) is 18.4 Å². The molecule has 2 bridgehead atoms. The minimum Gasteiger partial charge on any atom is -0.482 e. The van der Waals surface area contributed by atoms with Gasteiger partial charge in [0.25, 0.3) is 5.91 Å². The number of nitrogens with zero attached hydrogens (tertiary/aromatic N) is 6. The normalized spacial score (nSPS) is 22.0. The van der Waals surface area contributed by atoms with E-state index in [1.165, 1.54) is 6.07 Å². The fourth-order valence-corrected chi connectivity index (χ4v) is 7.76. The summed E-state index contributed by atoms with van der Waals surface area (Å²) in [4.78, 5) is 25.1. The average Bonchev–Trinajstić information content (AvgIpc) is 3.65. The van der Waals surface area contributed by atoms with Crippen LogP contribution in [0.15, 0.2) is 30.3 Å². The summed E-state index contributed by atoms with van der Waals surface area (Å²) in [7, 11) is -2.72. The highest BCUT2D eigenvalue weighted by atomic mass is 32.2. The second-order valence-electron chi connectivity index (χ2n) is 12.4. The van der Waals surface area contributed by atoms with Crippen molar-refractivity contribution >= 4 is 38.4 Å². The fraction of sp³-hybridized carbons (Fsp3) is 0.500. The third-order valence-electron chi connectivity index (χ3n) is 9.33. The monoisotopic (exact) mass is 627 g/mol. The zero-order valence-electron chi connectivity index (χ0n) is 24.8. The van der Waals surface area contributed by atoms with Crippen molar-refractivity contribution in [1.29, 1.82) is 0 Å². The largest absolute Gasteiger partial charge is 0.482 e. The van der Waals surface area contributed by atoms with Gasteiger partial charge in [0.15, 0.2) is 5.88 Å². The number of hydrogen-bond donors (Lipinski definition) is 1. The van der Waals surface area contributed by atoms with Crippen molar-refractivity contribution in [1.82, 2.24) is 23.8 Å². The van der Waals surface area contributed by atoms with E-state index in [-0.39, 0.29) is 28.1 Å². The minimum atomic E-state index is -4.27. The number of methoxy groups -OCH3 is 1. The van der Waals surface area contributed by atoms with Gasteiger partial charge in [-0.15, -0.1) is 0 Å². The van der Waals surface area contributed by atoms with E-state index >= 15 is 0 Å². The van der Waals surface area contributed by atoms with Crippen LogP contribution in [0.2, 0.25) is 0 Å². The van der Waals surface area contributed by atoms with E-state index < -0.39 is 16.6 Å². The molecule has 0 radical (unpaired) electrons. The van der Waals surface area contributed by atoms with Gasteiger partial charge in [-0.2, -0.15) is 13.1 Å². The van der Waals surface area contributed by atoms with Gasteiger partial charge in [0.1, 0.15) is 22.8 Å². The molecule has 44 heavy (non-hydrogen) atoms. The van der Waals surface area contributed by atoms with Gasteiger partial charge >= 0.3 is 6.55 Å². The molecule has 2 saturated carbocycles. The summed E-state index contributed by atoms with van der Waals surface area (Å²) >= 11 is 0. The SMILES string of the molecule is COc1cc(C(=O)N2C[C@@H]3CC[C@H]2[C@H](N)C3)cc2nc(-c3cc4ccc(N(C(F)F)S(C)(=O)=O)nc4n3CC3CC3)c(C)n12. The second-order valence-corrected chi connectivity index (χ2v) is 14.3. The van der Waals surface area contributed by atoms with Crippen LogP contribution in [0.3, 0.4) is 0 Å². The Morgan fingerprint density at radius 3 is 2.57 bits per heavy atom. The number of fused-ring (bicyclic) bond motifs is 5. The molecule has 2 saturated heterocycles. The van der Waals surface area contributed by atoms with E-state index in [2.05, 4.69) is 4.98 Å². The Kier molecular flexibility index (Phi) is 6.85. The lowest BCUT2D eigenvalue weighted by molar-refractivity contribution is 0.0249. The molecule has 6 heterocycles. The Hall–Kier alpha value is -3.78. The number of aromatic nitrogens is 4. The highest BCUT2D eigenvalue weighted by molar-refractivity contribution is 7.92. The van der Waals surface area contributed by atoms with Gasteiger partial charge in [0.05, 0.1) is 24.8 Å². The number of alkyl halides is 2. The predicted octanol–water partition coefficient (Wildman–Crippen LogP) is 4.02. The second kappa shape index (κ2) is 10.4. The number of sulfonamides is 1. The van der Waals surface area contributed by atoms with Crippen molar-refractivity contribution in [2.24, 2.45) is 17.6 Å². The van der Waals surface area contributed by atoms with Crippen LogP contribution in [0.1, 0.15) is 48.2 Å². The molecule has 0 unspecified atom stereocenters. The number of amides is 1. The van der Waals surface area contributed by atoms with E-state index in [9.17, 15) is 22.0 Å². The summed E-state index contributed by atoms with van der Waals surface area (Å²) in [6, 6.07) is 8.28. The average molecular weight is 628 g/mol. The first-order chi connectivity index (χ1) is 20.9. The number of halogens is 2. The van der Waals surface area contributed by atoms with Crippen LogP contribution in [0, 0.1) is 18.8 Å². The summed E-state index contributed by atoms with van der Waals surface area (Å²) in [6.07, 6.45) is 5.72. The van der Waals surface area contributed by atoms with E-state index in [4.69, 9.17) is 15.5 Å². The van der Waals surface area contributed by atoms with Gasteiger partial charge in [-0.3, -0.25) is 9.20 Å². The van der Waals surface area contributed by atoms with Gasteiger partial charge in [-0.05, 0) is 75.1 Å². The van der Waals surface area contributed by atoms with Crippen LogP contribution in [-0.4, -0.2) is 76.7 Å². The summed E-state index contributed by atoms with van der Waals surface area (Å²) in [5.41, 5.74) is 9.91. The molecule has 2 N–H and O–H groups in total. The molecular formula is C30H35F2N7O4S. The summed E-state index contributed by atoms with van der Waals surface area (Å²) < 4.78 is 61.6. The lowest BCUT2D eigenvalue weighted by Crippen LogP contribution is -2.60. The molecule has 4 aliphatic rings. The molecule has 3 atom stereocenters. The lowest BCUT2D eigenvalue weighted by Gasteiger charge is -2.48. The van der Waals surface area contributed by atoms with Crippen LogP contribution in [-0.2, 0) is 16.6 Å². The first-order valence-electron chi connectivity index (χ1n) is 14.9. The first-order valence-corrected chi connectivity index (χ1v) is 16.7. The molecule has 1 amide bonds. The van der Waals surface area contributed by atoms with Gasteiger partial charge in [0.2, 0.25) is 10.0 Å². The van der Waals surface area contributed by atoms with Crippen molar-refractivity contribution in [3.63, 3.8) is 0 Å². The van der Waals surface area contributed by atoms with Crippen LogP contribution >= 0.6 is 0 Å². The maximum Gasteiger partial charge on any atom is 0.329 e. The number of rotatable bonds is 8. The Morgan fingerprint density at radius 2 is 1.93 bits per heavy atom. The quantitative estimate of drug-likeness (QED) is 0.292. The summed E-state index contributed by atoms with van der Waals surface area (Å²) in [5.74, 6) is 0.821. The van der Waals surface area contributed by atoms with Crippen LogP contribution in [0.5, 0.6) is 5.88 Å². The molecule has 8 rings (SSSR count). The zero-order valence-corrected chi connectivity index (χ0v) is 25.6. The molecule has 14 heteroatoms.